The summed E-state index contributed by atoms with van der Waals surface area (Å²) in [6.07, 6.45) is 1.09. The fraction of sp³-hybridized carbons (Fsp3) is 0.0556. The Morgan fingerprint density at radius 3 is 2.68 bits per heavy atom. The number of hydrogen-bond donors (Lipinski definition) is 3. The van der Waals surface area contributed by atoms with Crippen LogP contribution in [0.15, 0.2) is 54.6 Å². The molecule has 4 aromatic rings. The number of nitrogens with zero attached hydrogens (tertiary/aromatic N) is 1. The lowest BCUT2D eigenvalue weighted by Crippen LogP contribution is -2.09. The summed E-state index contributed by atoms with van der Waals surface area (Å²) in [6.45, 7) is 0. The zero-order valence-corrected chi connectivity index (χ0v) is 14.1. The Balaban J connectivity index is 1.92. The lowest BCUT2D eigenvalue weighted by atomic mass is 10.1. The highest BCUT2D eigenvalue weighted by molar-refractivity contribution is 7.92. The molecule has 0 bridgehead atoms. The zero-order chi connectivity index (χ0) is 17.6. The maximum absolute atomic E-state index is 11.5. The SMILES string of the molecule is CS(=O)(=O)Nc1ccc2[nH]c(O)c(-c3ccc4ccccc4n3)c2c1. The van der Waals surface area contributed by atoms with Crippen LogP contribution in [0.5, 0.6) is 5.88 Å². The second-order valence-corrected chi connectivity index (χ2v) is 7.62. The first-order valence-electron chi connectivity index (χ1n) is 7.59. The van der Waals surface area contributed by atoms with Gasteiger partial charge in [0.15, 0.2) is 5.88 Å². The van der Waals surface area contributed by atoms with E-state index in [-0.39, 0.29) is 5.88 Å². The van der Waals surface area contributed by atoms with Gasteiger partial charge in [0.05, 0.1) is 23.0 Å². The summed E-state index contributed by atoms with van der Waals surface area (Å²) in [5, 5.41) is 12.0. The second-order valence-electron chi connectivity index (χ2n) is 5.87. The van der Waals surface area contributed by atoms with Gasteiger partial charge in [0.2, 0.25) is 10.0 Å². The number of hydrogen-bond acceptors (Lipinski definition) is 4. The summed E-state index contributed by atoms with van der Waals surface area (Å²) in [6, 6.07) is 16.5. The van der Waals surface area contributed by atoms with Gasteiger partial charge in [0, 0.05) is 22.0 Å². The van der Waals surface area contributed by atoms with Gasteiger partial charge in [0.25, 0.3) is 0 Å². The molecule has 0 aliphatic carbocycles. The summed E-state index contributed by atoms with van der Waals surface area (Å²) in [7, 11) is -3.38. The average molecular weight is 353 g/mol. The molecule has 0 aliphatic heterocycles. The molecule has 0 atom stereocenters. The lowest BCUT2D eigenvalue weighted by Gasteiger charge is -2.05. The van der Waals surface area contributed by atoms with Gasteiger partial charge in [0.1, 0.15) is 0 Å². The third kappa shape index (κ3) is 2.89. The number of pyridine rings is 1. The number of nitrogens with one attached hydrogen (secondary N) is 2. The molecule has 2 heterocycles. The van der Waals surface area contributed by atoms with E-state index in [9.17, 15) is 13.5 Å². The van der Waals surface area contributed by atoms with E-state index in [1.54, 1.807) is 18.2 Å². The maximum Gasteiger partial charge on any atom is 0.229 e. The van der Waals surface area contributed by atoms with Crippen molar-refractivity contribution in [2.75, 3.05) is 11.0 Å². The monoisotopic (exact) mass is 353 g/mol. The summed E-state index contributed by atoms with van der Waals surface area (Å²) in [5.41, 5.74) is 3.09. The molecule has 2 aromatic carbocycles. The number of para-hydroxylation sites is 1. The van der Waals surface area contributed by atoms with E-state index in [0.29, 0.717) is 27.8 Å². The number of aromatic nitrogens is 2. The molecule has 2 aromatic heterocycles. The van der Waals surface area contributed by atoms with Gasteiger partial charge in [-0.25, -0.2) is 13.4 Å². The molecule has 7 heteroatoms. The van der Waals surface area contributed by atoms with Crippen molar-refractivity contribution in [1.29, 1.82) is 0 Å². The quantitative estimate of drug-likeness (QED) is 0.526. The molecule has 0 spiro atoms. The molecule has 3 N–H and O–H groups in total. The van der Waals surface area contributed by atoms with Crippen molar-refractivity contribution in [3.63, 3.8) is 0 Å². The zero-order valence-electron chi connectivity index (χ0n) is 13.3. The molecule has 6 nitrogen and oxygen atoms in total. The Labute approximate surface area is 144 Å². The lowest BCUT2D eigenvalue weighted by molar-refractivity contribution is 0.460. The van der Waals surface area contributed by atoms with E-state index in [2.05, 4.69) is 14.7 Å². The Bertz CT molecular complexity index is 1210. The number of H-pyrrole nitrogens is 1. The van der Waals surface area contributed by atoms with Crippen molar-refractivity contribution in [3.05, 3.63) is 54.6 Å². The molecule has 4 rings (SSSR count). The Hall–Kier alpha value is -3.06. The number of fused-ring (bicyclic) bond motifs is 2. The number of benzene rings is 2. The van der Waals surface area contributed by atoms with E-state index in [1.807, 2.05) is 36.4 Å². The van der Waals surface area contributed by atoms with Crippen LogP contribution >= 0.6 is 0 Å². The molecule has 126 valence electrons. The predicted octanol–water partition coefficient (Wildman–Crippen LogP) is 3.46. The van der Waals surface area contributed by atoms with Crippen LogP contribution in [0.1, 0.15) is 0 Å². The standard InChI is InChI=1S/C18H15N3O3S/c1-25(23,24)21-12-7-9-15-13(10-12)17(18(22)20-15)16-8-6-11-4-2-3-5-14(11)19-16/h2-10,20-22H,1H3. The van der Waals surface area contributed by atoms with Crippen molar-refractivity contribution in [3.8, 4) is 17.1 Å². The minimum Gasteiger partial charge on any atom is -0.494 e. The topological polar surface area (TPSA) is 95.1 Å². The molecular weight excluding hydrogens is 338 g/mol. The van der Waals surface area contributed by atoms with Crippen LogP contribution in [0.2, 0.25) is 0 Å². The maximum atomic E-state index is 11.5. The molecule has 0 saturated heterocycles. The van der Waals surface area contributed by atoms with Gasteiger partial charge in [-0.2, -0.15) is 0 Å². The van der Waals surface area contributed by atoms with Gasteiger partial charge in [-0.05, 0) is 30.3 Å². The molecule has 0 amide bonds. The molecule has 0 unspecified atom stereocenters. The molecule has 0 aliphatic rings. The third-order valence-electron chi connectivity index (χ3n) is 3.94. The van der Waals surface area contributed by atoms with E-state index < -0.39 is 10.0 Å². The van der Waals surface area contributed by atoms with E-state index >= 15 is 0 Å². The third-order valence-corrected chi connectivity index (χ3v) is 4.54. The van der Waals surface area contributed by atoms with Crippen LogP contribution < -0.4 is 4.72 Å². The van der Waals surface area contributed by atoms with Crippen LogP contribution in [0, 0.1) is 0 Å². The first kappa shape index (κ1) is 15.5. The van der Waals surface area contributed by atoms with Crippen molar-refractivity contribution >= 4 is 37.5 Å². The van der Waals surface area contributed by atoms with Gasteiger partial charge in [-0.15, -0.1) is 0 Å². The summed E-state index contributed by atoms with van der Waals surface area (Å²) in [5.74, 6) is -0.00529. The largest absolute Gasteiger partial charge is 0.494 e. The predicted molar refractivity (Wildman–Crippen MR) is 99.2 cm³/mol. The van der Waals surface area contributed by atoms with Gasteiger partial charge in [-0.1, -0.05) is 24.3 Å². The van der Waals surface area contributed by atoms with E-state index in [4.69, 9.17) is 0 Å². The molecule has 25 heavy (non-hydrogen) atoms. The summed E-state index contributed by atoms with van der Waals surface area (Å²) in [4.78, 5) is 7.52. The summed E-state index contributed by atoms with van der Waals surface area (Å²) >= 11 is 0. The highest BCUT2D eigenvalue weighted by Crippen LogP contribution is 2.37. The molecule has 0 saturated carbocycles. The van der Waals surface area contributed by atoms with Crippen molar-refractivity contribution in [2.45, 2.75) is 0 Å². The molecule has 0 radical (unpaired) electrons. The van der Waals surface area contributed by atoms with E-state index in [1.165, 1.54) is 0 Å². The van der Waals surface area contributed by atoms with Crippen LogP contribution in [0.25, 0.3) is 33.1 Å². The van der Waals surface area contributed by atoms with Crippen LogP contribution in [0.4, 0.5) is 5.69 Å². The highest BCUT2D eigenvalue weighted by atomic mass is 32.2. The smallest absolute Gasteiger partial charge is 0.229 e. The van der Waals surface area contributed by atoms with Gasteiger partial charge >= 0.3 is 0 Å². The number of rotatable bonds is 3. The van der Waals surface area contributed by atoms with Gasteiger partial charge in [-0.3, -0.25) is 4.72 Å². The molecule has 0 fully saturated rings. The second kappa shape index (κ2) is 5.49. The Morgan fingerprint density at radius 1 is 1.08 bits per heavy atom. The Kier molecular flexibility index (Phi) is 3.40. The van der Waals surface area contributed by atoms with Gasteiger partial charge < -0.3 is 10.1 Å². The van der Waals surface area contributed by atoms with Crippen molar-refractivity contribution < 1.29 is 13.5 Å². The van der Waals surface area contributed by atoms with Crippen molar-refractivity contribution in [1.82, 2.24) is 9.97 Å². The fourth-order valence-corrected chi connectivity index (χ4v) is 3.47. The fourth-order valence-electron chi connectivity index (χ4n) is 2.92. The normalized spacial score (nSPS) is 11.9. The van der Waals surface area contributed by atoms with E-state index in [0.717, 1.165) is 17.2 Å². The Morgan fingerprint density at radius 2 is 1.88 bits per heavy atom. The molecular formula is C18H15N3O3S. The number of aromatic amines is 1. The van der Waals surface area contributed by atoms with Crippen LogP contribution in [0.3, 0.4) is 0 Å². The van der Waals surface area contributed by atoms with Crippen molar-refractivity contribution in [2.24, 2.45) is 0 Å². The first-order valence-corrected chi connectivity index (χ1v) is 9.48. The first-order chi connectivity index (χ1) is 11.9. The van der Waals surface area contributed by atoms with Crippen LogP contribution in [-0.2, 0) is 10.0 Å². The number of aromatic hydroxyl groups is 1. The number of sulfonamides is 1. The average Bonchev–Trinajstić information content (AvgIpc) is 2.88. The number of anilines is 1. The minimum atomic E-state index is -3.38. The highest BCUT2D eigenvalue weighted by Gasteiger charge is 2.15. The summed E-state index contributed by atoms with van der Waals surface area (Å²) < 4.78 is 25.4. The van der Waals surface area contributed by atoms with Crippen LogP contribution in [-0.4, -0.2) is 29.7 Å². The minimum absolute atomic E-state index is 0.00529.